The number of benzene rings is 2. The molecule has 0 spiro atoms. The average Bonchev–Trinajstić information content (AvgIpc) is 3.68. The lowest BCUT2D eigenvalue weighted by atomic mass is 10.0. The highest BCUT2D eigenvalue weighted by Crippen LogP contribution is 2.25. The van der Waals surface area contributed by atoms with Crippen LogP contribution in [0.25, 0.3) is 16.8 Å². The van der Waals surface area contributed by atoms with E-state index in [-0.39, 0.29) is 35.0 Å². The Balaban J connectivity index is 1.25. The number of hydrogen-bond acceptors (Lipinski definition) is 7. The number of methoxy groups -OCH3 is 1. The topological polar surface area (TPSA) is 137 Å². The number of likely N-dealkylation sites (tertiary alicyclic amines) is 1. The number of fused-ring (bicyclic) bond motifs is 1. The Morgan fingerprint density at radius 3 is 2.55 bits per heavy atom. The molecule has 1 fully saturated rings. The third kappa shape index (κ3) is 7.81. The molecule has 4 N–H and O–H groups in total. The molecule has 0 aliphatic carbocycles. The third-order valence-corrected chi connectivity index (χ3v) is 8.16. The maximum atomic E-state index is 14.9. The molecule has 248 valence electrons. The predicted molar refractivity (Wildman–Crippen MR) is 172 cm³/mol. The number of nitrogens with one attached hydrogen (secondary N) is 3. The number of carbonyl (C=O) groups is 3. The molecule has 0 bridgehead atoms. The van der Waals surface area contributed by atoms with Crippen LogP contribution in [-0.4, -0.2) is 88.7 Å². The zero-order chi connectivity index (χ0) is 33.7. The minimum atomic E-state index is -0.914. The van der Waals surface area contributed by atoms with Gasteiger partial charge in [0.1, 0.15) is 23.0 Å². The molecule has 1 unspecified atom stereocenters. The number of amides is 3. The predicted octanol–water partition coefficient (Wildman–Crippen LogP) is 3.87. The van der Waals surface area contributed by atoms with Gasteiger partial charge in [0.15, 0.2) is 0 Å². The summed E-state index contributed by atoms with van der Waals surface area (Å²) in [6.07, 6.45) is 5.04. The number of hydrogen-bond donors (Lipinski definition) is 4. The van der Waals surface area contributed by atoms with Gasteiger partial charge in [-0.2, -0.15) is 0 Å². The van der Waals surface area contributed by atoms with E-state index in [0.717, 1.165) is 25.5 Å². The highest BCUT2D eigenvalue weighted by atomic mass is 19.1. The number of aliphatic hydroxyl groups is 1. The molecule has 2 aromatic heterocycles. The monoisotopic (exact) mass is 648 g/mol. The molecule has 3 heterocycles. The van der Waals surface area contributed by atoms with Crippen LogP contribution in [0, 0.1) is 11.6 Å². The molecule has 13 heteroatoms. The van der Waals surface area contributed by atoms with Gasteiger partial charge in [-0.15, -0.1) is 0 Å². The van der Waals surface area contributed by atoms with Gasteiger partial charge in [-0.3, -0.25) is 23.7 Å². The number of imidazole rings is 1. The van der Waals surface area contributed by atoms with Crippen molar-refractivity contribution in [1.29, 1.82) is 0 Å². The Hall–Kier alpha value is -4.72. The molecule has 4 aromatic rings. The van der Waals surface area contributed by atoms with Crippen molar-refractivity contribution in [2.45, 2.75) is 38.3 Å². The smallest absolute Gasteiger partial charge is 0.274 e. The fourth-order valence-corrected chi connectivity index (χ4v) is 5.56. The van der Waals surface area contributed by atoms with E-state index < -0.39 is 29.0 Å². The first kappa shape index (κ1) is 33.6. The molecule has 11 nitrogen and oxygen atoms in total. The zero-order valence-corrected chi connectivity index (χ0v) is 26.5. The lowest BCUT2D eigenvalue weighted by Crippen LogP contribution is -2.46. The van der Waals surface area contributed by atoms with Gasteiger partial charge in [0, 0.05) is 38.0 Å². The van der Waals surface area contributed by atoms with Crippen LogP contribution in [0.4, 0.5) is 14.5 Å². The number of pyridine rings is 1. The summed E-state index contributed by atoms with van der Waals surface area (Å²) in [5.41, 5.74) is 0.514. The molecule has 1 atom stereocenters. The van der Waals surface area contributed by atoms with Gasteiger partial charge >= 0.3 is 0 Å². The van der Waals surface area contributed by atoms with Crippen molar-refractivity contribution >= 4 is 29.1 Å². The number of ether oxygens (including phenoxy) is 1. The largest absolute Gasteiger partial charge is 0.394 e. The lowest BCUT2D eigenvalue weighted by Gasteiger charge is -2.23. The first-order valence-electron chi connectivity index (χ1n) is 15.3. The van der Waals surface area contributed by atoms with Crippen LogP contribution in [0.5, 0.6) is 0 Å². The summed E-state index contributed by atoms with van der Waals surface area (Å²) in [6.45, 7) is 5.60. The van der Waals surface area contributed by atoms with E-state index >= 15 is 0 Å². The van der Waals surface area contributed by atoms with Crippen LogP contribution in [0.15, 0.2) is 60.9 Å². The molecule has 0 saturated carbocycles. The van der Waals surface area contributed by atoms with Gasteiger partial charge in [-0.05, 0) is 86.8 Å². The zero-order valence-electron chi connectivity index (χ0n) is 26.5. The van der Waals surface area contributed by atoms with E-state index in [1.807, 2.05) is 0 Å². The van der Waals surface area contributed by atoms with Crippen molar-refractivity contribution in [3.63, 3.8) is 0 Å². The van der Waals surface area contributed by atoms with E-state index in [2.05, 4.69) is 25.8 Å². The first-order valence-corrected chi connectivity index (χ1v) is 15.3. The lowest BCUT2D eigenvalue weighted by molar-refractivity contribution is 0.0864. The third-order valence-electron chi connectivity index (χ3n) is 8.16. The number of rotatable bonds is 12. The van der Waals surface area contributed by atoms with Crippen molar-refractivity contribution in [3.05, 3.63) is 89.4 Å². The van der Waals surface area contributed by atoms with E-state index in [1.165, 1.54) is 34.9 Å². The fourth-order valence-electron chi connectivity index (χ4n) is 5.56. The van der Waals surface area contributed by atoms with E-state index in [9.17, 15) is 28.3 Å². The molecular weight excluding hydrogens is 610 g/mol. The first-order chi connectivity index (χ1) is 22.5. The van der Waals surface area contributed by atoms with Gasteiger partial charge in [-0.1, -0.05) is 6.07 Å². The average molecular weight is 649 g/mol. The maximum absolute atomic E-state index is 14.9. The van der Waals surface area contributed by atoms with E-state index in [4.69, 9.17) is 4.74 Å². The van der Waals surface area contributed by atoms with E-state index in [0.29, 0.717) is 42.5 Å². The highest BCUT2D eigenvalue weighted by molar-refractivity contribution is 6.04. The van der Waals surface area contributed by atoms with E-state index in [1.54, 1.807) is 45.4 Å². The summed E-state index contributed by atoms with van der Waals surface area (Å²) < 4.78 is 36.4. The number of carbonyl (C=O) groups excluding carboxylic acids is 3. The van der Waals surface area contributed by atoms with Gasteiger partial charge in [0.05, 0.1) is 36.2 Å². The normalized spacial score (nSPS) is 15.1. The van der Waals surface area contributed by atoms with Gasteiger partial charge in [0.2, 0.25) is 0 Å². The molecule has 1 aliphatic rings. The van der Waals surface area contributed by atoms with Crippen LogP contribution in [0.1, 0.15) is 57.9 Å². The molecule has 0 radical (unpaired) electrons. The second kappa shape index (κ2) is 14.4. The molecular formula is C34H38F2N6O5. The summed E-state index contributed by atoms with van der Waals surface area (Å²) in [6, 6.07) is 11.6. The van der Waals surface area contributed by atoms with Crippen molar-refractivity contribution in [3.8, 4) is 11.1 Å². The standard InChI is InChI=1S/C34H38F2N6O5/c1-34(2,20-43)40-32(45)25-8-6-21(15-27(25)36)22-10-13-42-29(18-38-30(42)17-22)33(46)39-28-16-23(7-9-26(28)35)31(44)37-11-14-41-12-4-5-24(41)19-47-3/h6-10,13,15-18,24,43H,4-5,11-12,14,19-20H2,1-3H3,(H,37,44)(H,39,46)(H,40,45). The van der Waals surface area contributed by atoms with Crippen LogP contribution in [-0.2, 0) is 4.74 Å². The van der Waals surface area contributed by atoms with Crippen LogP contribution in [0.3, 0.4) is 0 Å². The Morgan fingerprint density at radius 2 is 1.81 bits per heavy atom. The summed E-state index contributed by atoms with van der Waals surface area (Å²) in [4.78, 5) is 45.0. The Labute approximate surface area is 270 Å². The molecule has 1 aliphatic heterocycles. The van der Waals surface area contributed by atoms with Gasteiger partial charge < -0.3 is 25.8 Å². The van der Waals surface area contributed by atoms with Crippen molar-refractivity contribution < 1.29 is 33.0 Å². The van der Waals surface area contributed by atoms with Gasteiger partial charge in [-0.25, -0.2) is 13.8 Å². The Morgan fingerprint density at radius 1 is 1.02 bits per heavy atom. The number of anilines is 1. The Kier molecular flexibility index (Phi) is 10.3. The van der Waals surface area contributed by atoms with Crippen molar-refractivity contribution in [2.75, 3.05) is 45.3 Å². The molecule has 1 saturated heterocycles. The molecule has 5 rings (SSSR count). The van der Waals surface area contributed by atoms with Crippen molar-refractivity contribution in [2.24, 2.45) is 0 Å². The summed E-state index contributed by atoms with van der Waals surface area (Å²) in [5, 5.41) is 17.4. The minimum absolute atomic E-state index is 0.113. The fraction of sp³-hybridized carbons (Fsp3) is 0.353. The molecule has 47 heavy (non-hydrogen) atoms. The van der Waals surface area contributed by atoms with Gasteiger partial charge in [0.25, 0.3) is 17.7 Å². The van der Waals surface area contributed by atoms with Crippen molar-refractivity contribution in [1.82, 2.24) is 24.9 Å². The summed E-state index contributed by atoms with van der Waals surface area (Å²) in [7, 11) is 1.67. The second-order valence-corrected chi connectivity index (χ2v) is 12.2. The second-order valence-electron chi connectivity index (χ2n) is 12.2. The number of halogens is 2. The molecule has 3 amide bonds. The van der Waals surface area contributed by atoms with Crippen LogP contribution >= 0.6 is 0 Å². The highest BCUT2D eigenvalue weighted by Gasteiger charge is 2.25. The number of nitrogens with zero attached hydrogens (tertiary/aromatic N) is 3. The van der Waals surface area contributed by atoms with Crippen LogP contribution in [0.2, 0.25) is 0 Å². The quantitative estimate of drug-likeness (QED) is 0.183. The van der Waals surface area contributed by atoms with Crippen LogP contribution < -0.4 is 16.0 Å². The number of aliphatic hydroxyl groups excluding tert-OH is 1. The maximum Gasteiger partial charge on any atom is 0.274 e. The Bertz CT molecular complexity index is 1790. The minimum Gasteiger partial charge on any atom is -0.394 e. The molecule has 2 aromatic carbocycles. The summed E-state index contributed by atoms with van der Waals surface area (Å²) in [5.74, 6) is -3.12. The summed E-state index contributed by atoms with van der Waals surface area (Å²) >= 11 is 0. The SMILES string of the molecule is COCC1CCCN1CCNC(=O)c1ccc(F)c(NC(=O)c2cnc3cc(-c4ccc(C(=O)NC(C)(C)CO)c(F)c4)ccn23)c1. The number of aromatic nitrogens is 2.